The first-order valence-corrected chi connectivity index (χ1v) is 7.35. The fourth-order valence-corrected chi connectivity index (χ4v) is 2.66. The van der Waals surface area contributed by atoms with Crippen LogP contribution in [0.25, 0.3) is 0 Å². The zero-order valence-corrected chi connectivity index (χ0v) is 11.6. The van der Waals surface area contributed by atoms with E-state index in [4.69, 9.17) is 4.74 Å². The van der Waals surface area contributed by atoms with Crippen LogP contribution in [-0.2, 0) is 13.1 Å². The van der Waals surface area contributed by atoms with E-state index in [1.54, 1.807) is 6.20 Å². The number of hydrogen-bond acceptors (Lipinski definition) is 3. The number of nitrogens with zero attached hydrogens (tertiary/aromatic N) is 1. The van der Waals surface area contributed by atoms with Gasteiger partial charge in [0.25, 0.3) is 0 Å². The summed E-state index contributed by atoms with van der Waals surface area (Å²) in [6.45, 7) is 1.54. The second-order valence-corrected chi connectivity index (χ2v) is 5.27. The second kappa shape index (κ2) is 6.57. The Bertz CT molecular complexity index is 518. The van der Waals surface area contributed by atoms with Gasteiger partial charge in [0.1, 0.15) is 11.6 Å². The highest BCUT2D eigenvalue weighted by molar-refractivity contribution is 5.33. The standard InChI is InChI=1S/C16H21N3O/c1-4-8-15(20-14-6-2-3-7-14)13(5-1)11-17-12-16-18-9-10-19-16/h1,4-5,8-10,14,17H,2-3,6-7,11-12H2,(H,18,19). The molecule has 0 radical (unpaired) electrons. The molecule has 0 saturated heterocycles. The van der Waals surface area contributed by atoms with Gasteiger partial charge in [0.15, 0.2) is 0 Å². The van der Waals surface area contributed by atoms with Gasteiger partial charge in [-0.15, -0.1) is 0 Å². The van der Waals surface area contributed by atoms with E-state index in [-0.39, 0.29) is 0 Å². The number of para-hydroxylation sites is 1. The summed E-state index contributed by atoms with van der Waals surface area (Å²) in [6.07, 6.45) is 8.99. The topological polar surface area (TPSA) is 49.9 Å². The number of aromatic amines is 1. The highest BCUT2D eigenvalue weighted by Gasteiger charge is 2.17. The number of aromatic nitrogens is 2. The van der Waals surface area contributed by atoms with Crippen molar-refractivity contribution < 1.29 is 4.74 Å². The maximum absolute atomic E-state index is 6.13. The Morgan fingerprint density at radius 2 is 2.05 bits per heavy atom. The van der Waals surface area contributed by atoms with E-state index < -0.39 is 0 Å². The summed E-state index contributed by atoms with van der Waals surface area (Å²) in [4.78, 5) is 7.30. The van der Waals surface area contributed by atoms with Gasteiger partial charge in [-0.3, -0.25) is 0 Å². The zero-order chi connectivity index (χ0) is 13.6. The summed E-state index contributed by atoms with van der Waals surface area (Å²) in [5.41, 5.74) is 1.21. The smallest absolute Gasteiger partial charge is 0.124 e. The number of ether oxygens (including phenoxy) is 1. The Balaban J connectivity index is 1.57. The van der Waals surface area contributed by atoms with E-state index >= 15 is 0 Å². The van der Waals surface area contributed by atoms with E-state index in [0.29, 0.717) is 6.10 Å². The minimum atomic E-state index is 0.404. The molecule has 1 saturated carbocycles. The SMILES string of the molecule is c1ccc(OC2CCCC2)c(CNCc2ncc[nH]2)c1. The van der Waals surface area contributed by atoms with Crippen LogP contribution in [0, 0.1) is 0 Å². The van der Waals surface area contributed by atoms with Crippen LogP contribution >= 0.6 is 0 Å². The summed E-state index contributed by atoms with van der Waals surface area (Å²) >= 11 is 0. The Kier molecular flexibility index (Phi) is 4.33. The molecule has 1 aliphatic rings. The van der Waals surface area contributed by atoms with Gasteiger partial charge < -0.3 is 15.0 Å². The van der Waals surface area contributed by atoms with Crippen molar-refractivity contribution >= 4 is 0 Å². The van der Waals surface area contributed by atoms with Crippen molar-refractivity contribution in [2.24, 2.45) is 0 Å². The molecule has 0 spiro atoms. The van der Waals surface area contributed by atoms with Crippen molar-refractivity contribution in [2.45, 2.75) is 44.9 Å². The van der Waals surface area contributed by atoms with Crippen LogP contribution in [0.5, 0.6) is 5.75 Å². The van der Waals surface area contributed by atoms with Gasteiger partial charge in [-0.2, -0.15) is 0 Å². The third-order valence-corrected chi connectivity index (χ3v) is 3.73. The van der Waals surface area contributed by atoms with Crippen molar-refractivity contribution in [1.29, 1.82) is 0 Å². The molecule has 4 nitrogen and oxygen atoms in total. The van der Waals surface area contributed by atoms with Crippen LogP contribution in [0.15, 0.2) is 36.7 Å². The number of nitrogens with one attached hydrogen (secondary N) is 2. The molecule has 3 rings (SSSR count). The van der Waals surface area contributed by atoms with Crippen molar-refractivity contribution in [2.75, 3.05) is 0 Å². The predicted molar refractivity (Wildman–Crippen MR) is 78.5 cm³/mol. The molecule has 0 amide bonds. The summed E-state index contributed by atoms with van der Waals surface area (Å²) in [5.74, 6) is 1.98. The minimum absolute atomic E-state index is 0.404. The van der Waals surface area contributed by atoms with Gasteiger partial charge in [-0.25, -0.2) is 4.98 Å². The Morgan fingerprint density at radius 1 is 1.20 bits per heavy atom. The molecule has 106 valence electrons. The van der Waals surface area contributed by atoms with Gasteiger partial charge in [0.05, 0.1) is 12.6 Å². The molecule has 0 unspecified atom stereocenters. The molecule has 1 aromatic heterocycles. The molecule has 0 atom stereocenters. The third-order valence-electron chi connectivity index (χ3n) is 3.73. The summed E-state index contributed by atoms with van der Waals surface area (Å²) in [6, 6.07) is 8.30. The van der Waals surface area contributed by atoms with Gasteiger partial charge in [-0.05, 0) is 31.7 Å². The van der Waals surface area contributed by atoms with Gasteiger partial charge in [0.2, 0.25) is 0 Å². The maximum atomic E-state index is 6.13. The normalized spacial score (nSPS) is 15.6. The monoisotopic (exact) mass is 271 g/mol. The third kappa shape index (κ3) is 3.39. The number of H-pyrrole nitrogens is 1. The molecule has 4 heteroatoms. The molecule has 0 bridgehead atoms. The summed E-state index contributed by atoms with van der Waals surface area (Å²) < 4.78 is 6.13. The first-order chi connectivity index (χ1) is 9.92. The molecule has 1 aromatic carbocycles. The lowest BCUT2D eigenvalue weighted by molar-refractivity contribution is 0.207. The van der Waals surface area contributed by atoms with Crippen molar-refractivity contribution in [3.8, 4) is 5.75 Å². The Morgan fingerprint density at radius 3 is 2.85 bits per heavy atom. The highest BCUT2D eigenvalue weighted by Crippen LogP contribution is 2.26. The quantitative estimate of drug-likeness (QED) is 0.849. The summed E-state index contributed by atoms with van der Waals surface area (Å²) in [5, 5.41) is 3.40. The van der Waals surface area contributed by atoms with Gasteiger partial charge in [0, 0.05) is 24.5 Å². The van der Waals surface area contributed by atoms with E-state index in [9.17, 15) is 0 Å². The molecular formula is C16H21N3O. The zero-order valence-electron chi connectivity index (χ0n) is 11.6. The molecule has 1 aliphatic carbocycles. The average Bonchev–Trinajstić information content (AvgIpc) is 3.14. The predicted octanol–water partition coefficient (Wildman–Crippen LogP) is 3.02. The molecule has 2 N–H and O–H groups in total. The van der Waals surface area contributed by atoms with Crippen LogP contribution in [0.1, 0.15) is 37.1 Å². The van der Waals surface area contributed by atoms with Gasteiger partial charge >= 0.3 is 0 Å². The van der Waals surface area contributed by atoms with Crippen molar-refractivity contribution in [3.05, 3.63) is 48.0 Å². The lowest BCUT2D eigenvalue weighted by Crippen LogP contribution is -2.17. The number of benzene rings is 1. The minimum Gasteiger partial charge on any atom is -0.490 e. The first kappa shape index (κ1) is 13.2. The number of rotatable bonds is 6. The molecule has 2 aromatic rings. The fraction of sp³-hybridized carbons (Fsp3) is 0.438. The van der Waals surface area contributed by atoms with E-state index in [1.165, 1.54) is 31.2 Å². The molecule has 1 heterocycles. The van der Waals surface area contributed by atoms with Crippen LogP contribution in [0.4, 0.5) is 0 Å². The average molecular weight is 271 g/mol. The molecule has 1 fully saturated rings. The molecule has 20 heavy (non-hydrogen) atoms. The molecular weight excluding hydrogens is 250 g/mol. The highest BCUT2D eigenvalue weighted by atomic mass is 16.5. The van der Waals surface area contributed by atoms with Crippen LogP contribution < -0.4 is 10.1 Å². The van der Waals surface area contributed by atoms with Crippen LogP contribution in [0.3, 0.4) is 0 Å². The largest absolute Gasteiger partial charge is 0.490 e. The number of imidazole rings is 1. The van der Waals surface area contributed by atoms with E-state index in [1.807, 2.05) is 12.3 Å². The van der Waals surface area contributed by atoms with Crippen LogP contribution in [-0.4, -0.2) is 16.1 Å². The number of hydrogen-bond donors (Lipinski definition) is 2. The van der Waals surface area contributed by atoms with Gasteiger partial charge in [-0.1, -0.05) is 18.2 Å². The van der Waals surface area contributed by atoms with Crippen LogP contribution in [0.2, 0.25) is 0 Å². The molecule has 0 aliphatic heterocycles. The Hall–Kier alpha value is -1.81. The van der Waals surface area contributed by atoms with Crippen molar-refractivity contribution in [1.82, 2.24) is 15.3 Å². The lowest BCUT2D eigenvalue weighted by atomic mass is 10.2. The van der Waals surface area contributed by atoms with E-state index in [2.05, 4.69) is 33.5 Å². The second-order valence-electron chi connectivity index (χ2n) is 5.27. The maximum Gasteiger partial charge on any atom is 0.124 e. The Labute approximate surface area is 119 Å². The van der Waals surface area contributed by atoms with E-state index in [0.717, 1.165) is 24.7 Å². The fourth-order valence-electron chi connectivity index (χ4n) is 2.66. The first-order valence-electron chi connectivity index (χ1n) is 7.35. The lowest BCUT2D eigenvalue weighted by Gasteiger charge is -2.16. The summed E-state index contributed by atoms with van der Waals surface area (Å²) in [7, 11) is 0. The van der Waals surface area contributed by atoms with Crippen molar-refractivity contribution in [3.63, 3.8) is 0 Å².